The number of nitrogens with one attached hydrogen (secondary N) is 1. The number of hydrogen-bond acceptors (Lipinski definition) is 2. The van der Waals surface area contributed by atoms with E-state index in [1.165, 1.54) is 6.07 Å². The van der Waals surface area contributed by atoms with Gasteiger partial charge in [-0.05, 0) is 31.9 Å². The standard InChI is InChI=1S/C12H17F2NO/c13-11-6-4-5-10(12(11)14)9-15-7-2-1-3-8-16/h4-6,15-16H,1-3,7-9H2. The summed E-state index contributed by atoms with van der Waals surface area (Å²) in [4.78, 5) is 0. The maximum absolute atomic E-state index is 13.2. The van der Waals surface area contributed by atoms with Crippen molar-refractivity contribution in [2.75, 3.05) is 13.2 Å². The molecule has 16 heavy (non-hydrogen) atoms. The first kappa shape index (κ1) is 13.1. The van der Waals surface area contributed by atoms with Crippen molar-refractivity contribution in [2.24, 2.45) is 0 Å². The summed E-state index contributed by atoms with van der Waals surface area (Å²) in [6.45, 7) is 1.29. The van der Waals surface area contributed by atoms with Gasteiger partial charge >= 0.3 is 0 Å². The van der Waals surface area contributed by atoms with Gasteiger partial charge in [-0.2, -0.15) is 0 Å². The second-order valence-electron chi connectivity index (χ2n) is 3.67. The molecule has 0 atom stereocenters. The third-order valence-electron chi connectivity index (χ3n) is 2.36. The third-order valence-corrected chi connectivity index (χ3v) is 2.36. The van der Waals surface area contributed by atoms with Crippen molar-refractivity contribution in [3.63, 3.8) is 0 Å². The molecule has 0 heterocycles. The van der Waals surface area contributed by atoms with E-state index >= 15 is 0 Å². The molecule has 1 rings (SSSR count). The fraction of sp³-hybridized carbons (Fsp3) is 0.500. The highest BCUT2D eigenvalue weighted by atomic mass is 19.2. The average Bonchev–Trinajstić information content (AvgIpc) is 2.29. The summed E-state index contributed by atoms with van der Waals surface area (Å²) in [6.07, 6.45) is 2.66. The molecule has 1 aromatic rings. The Kier molecular flexibility index (Phi) is 5.96. The number of benzene rings is 1. The molecule has 0 fully saturated rings. The fourth-order valence-corrected chi connectivity index (χ4v) is 1.45. The van der Waals surface area contributed by atoms with Crippen LogP contribution >= 0.6 is 0 Å². The first-order valence-corrected chi connectivity index (χ1v) is 5.50. The molecule has 0 aromatic heterocycles. The summed E-state index contributed by atoms with van der Waals surface area (Å²) in [7, 11) is 0. The molecule has 0 saturated heterocycles. The molecule has 1 aromatic carbocycles. The van der Waals surface area contributed by atoms with Gasteiger partial charge in [0.05, 0.1) is 0 Å². The molecule has 0 unspecified atom stereocenters. The molecule has 2 N–H and O–H groups in total. The number of aliphatic hydroxyl groups is 1. The lowest BCUT2D eigenvalue weighted by molar-refractivity contribution is 0.283. The molecule has 0 spiro atoms. The predicted molar refractivity (Wildman–Crippen MR) is 59.0 cm³/mol. The van der Waals surface area contributed by atoms with Gasteiger partial charge in [0.1, 0.15) is 0 Å². The van der Waals surface area contributed by atoms with E-state index < -0.39 is 11.6 Å². The number of unbranched alkanes of at least 4 members (excludes halogenated alkanes) is 2. The van der Waals surface area contributed by atoms with E-state index in [-0.39, 0.29) is 6.61 Å². The van der Waals surface area contributed by atoms with Crippen LogP contribution in [0.5, 0.6) is 0 Å². The zero-order valence-corrected chi connectivity index (χ0v) is 9.18. The topological polar surface area (TPSA) is 32.3 Å². The van der Waals surface area contributed by atoms with Crippen LogP contribution in [0.15, 0.2) is 18.2 Å². The van der Waals surface area contributed by atoms with Gasteiger partial charge in [-0.15, -0.1) is 0 Å². The summed E-state index contributed by atoms with van der Waals surface area (Å²) >= 11 is 0. The van der Waals surface area contributed by atoms with E-state index in [9.17, 15) is 8.78 Å². The predicted octanol–water partition coefficient (Wildman–Crippen LogP) is 2.22. The van der Waals surface area contributed by atoms with E-state index in [0.29, 0.717) is 12.1 Å². The van der Waals surface area contributed by atoms with Crippen LogP contribution in [-0.4, -0.2) is 18.3 Å². The minimum absolute atomic E-state index is 0.207. The van der Waals surface area contributed by atoms with Crippen LogP contribution in [0.3, 0.4) is 0 Å². The molecule has 90 valence electrons. The molecule has 0 amide bonds. The van der Waals surface area contributed by atoms with Gasteiger partial charge in [-0.1, -0.05) is 12.1 Å². The molecule has 0 radical (unpaired) electrons. The maximum atomic E-state index is 13.2. The zero-order chi connectivity index (χ0) is 11.8. The van der Waals surface area contributed by atoms with Crippen molar-refractivity contribution in [1.82, 2.24) is 5.32 Å². The zero-order valence-electron chi connectivity index (χ0n) is 9.18. The first-order valence-electron chi connectivity index (χ1n) is 5.50. The lowest BCUT2D eigenvalue weighted by Gasteiger charge is -2.06. The number of hydrogen-bond donors (Lipinski definition) is 2. The molecule has 0 aliphatic carbocycles. The van der Waals surface area contributed by atoms with Gasteiger partial charge in [0.15, 0.2) is 11.6 Å². The van der Waals surface area contributed by atoms with E-state index in [1.807, 2.05) is 0 Å². The van der Waals surface area contributed by atoms with Crippen molar-refractivity contribution < 1.29 is 13.9 Å². The summed E-state index contributed by atoms with van der Waals surface area (Å²) in [5, 5.41) is 11.6. The van der Waals surface area contributed by atoms with Crippen LogP contribution in [0.25, 0.3) is 0 Å². The van der Waals surface area contributed by atoms with E-state index in [2.05, 4.69) is 5.32 Å². The molecule has 0 aliphatic rings. The van der Waals surface area contributed by atoms with Crippen LogP contribution in [0.1, 0.15) is 24.8 Å². The van der Waals surface area contributed by atoms with Crippen LogP contribution in [0, 0.1) is 11.6 Å². The highest BCUT2D eigenvalue weighted by Crippen LogP contribution is 2.10. The monoisotopic (exact) mass is 229 g/mol. The second kappa shape index (κ2) is 7.30. The van der Waals surface area contributed by atoms with Crippen molar-refractivity contribution in [2.45, 2.75) is 25.8 Å². The van der Waals surface area contributed by atoms with Crippen molar-refractivity contribution in [1.29, 1.82) is 0 Å². The van der Waals surface area contributed by atoms with Gasteiger partial charge in [0.25, 0.3) is 0 Å². The Labute approximate surface area is 94.3 Å². The molecular formula is C12H17F2NO. The first-order chi connectivity index (χ1) is 7.75. The van der Waals surface area contributed by atoms with Crippen molar-refractivity contribution in [3.05, 3.63) is 35.4 Å². The molecule has 0 bridgehead atoms. The van der Waals surface area contributed by atoms with Crippen molar-refractivity contribution in [3.8, 4) is 0 Å². The van der Waals surface area contributed by atoms with E-state index in [0.717, 1.165) is 31.9 Å². The number of aliphatic hydroxyl groups excluding tert-OH is 1. The maximum Gasteiger partial charge on any atom is 0.163 e. The Morgan fingerprint density at radius 2 is 1.94 bits per heavy atom. The van der Waals surface area contributed by atoms with Crippen LogP contribution in [-0.2, 0) is 6.54 Å². The summed E-state index contributed by atoms with van der Waals surface area (Å²) < 4.78 is 26.0. The lowest BCUT2D eigenvalue weighted by Crippen LogP contribution is -2.16. The van der Waals surface area contributed by atoms with Crippen molar-refractivity contribution >= 4 is 0 Å². The Morgan fingerprint density at radius 1 is 1.12 bits per heavy atom. The SMILES string of the molecule is OCCCCCNCc1cccc(F)c1F. The third kappa shape index (κ3) is 4.24. The molecule has 0 aliphatic heterocycles. The Bertz CT molecular complexity index is 318. The number of halogens is 2. The van der Waals surface area contributed by atoms with Gasteiger partial charge in [-0.3, -0.25) is 0 Å². The van der Waals surface area contributed by atoms with Gasteiger partial charge in [0, 0.05) is 18.7 Å². The van der Waals surface area contributed by atoms with Gasteiger partial charge < -0.3 is 10.4 Å². The largest absolute Gasteiger partial charge is 0.396 e. The highest BCUT2D eigenvalue weighted by molar-refractivity contribution is 5.18. The van der Waals surface area contributed by atoms with Gasteiger partial charge in [-0.25, -0.2) is 8.78 Å². The Balaban J connectivity index is 2.24. The minimum atomic E-state index is -0.806. The second-order valence-corrected chi connectivity index (χ2v) is 3.67. The Hall–Kier alpha value is -1.00. The summed E-state index contributed by atoms with van der Waals surface area (Å²) in [5.41, 5.74) is 0.349. The normalized spacial score (nSPS) is 10.7. The summed E-state index contributed by atoms with van der Waals surface area (Å²) in [5.74, 6) is -1.58. The molecule has 0 saturated carbocycles. The average molecular weight is 229 g/mol. The molecule has 2 nitrogen and oxygen atoms in total. The van der Waals surface area contributed by atoms with Crippen LogP contribution in [0.4, 0.5) is 8.78 Å². The lowest BCUT2D eigenvalue weighted by atomic mass is 10.2. The minimum Gasteiger partial charge on any atom is -0.396 e. The van der Waals surface area contributed by atoms with Crippen LogP contribution < -0.4 is 5.32 Å². The summed E-state index contributed by atoms with van der Waals surface area (Å²) in [6, 6.07) is 4.18. The van der Waals surface area contributed by atoms with Gasteiger partial charge in [0.2, 0.25) is 0 Å². The molecular weight excluding hydrogens is 212 g/mol. The fourth-order valence-electron chi connectivity index (χ4n) is 1.45. The Morgan fingerprint density at radius 3 is 2.69 bits per heavy atom. The van der Waals surface area contributed by atoms with Crippen LogP contribution in [0.2, 0.25) is 0 Å². The van der Waals surface area contributed by atoms with E-state index in [1.54, 1.807) is 6.07 Å². The molecule has 4 heteroatoms. The number of rotatable bonds is 7. The quantitative estimate of drug-likeness (QED) is 0.703. The van der Waals surface area contributed by atoms with E-state index in [4.69, 9.17) is 5.11 Å². The highest BCUT2D eigenvalue weighted by Gasteiger charge is 2.06. The smallest absolute Gasteiger partial charge is 0.163 e.